The fourth-order valence-corrected chi connectivity index (χ4v) is 4.17. The Morgan fingerprint density at radius 3 is 2.25 bits per heavy atom. The molecule has 5 nitrogen and oxygen atoms in total. The van der Waals surface area contributed by atoms with E-state index in [0.29, 0.717) is 15.9 Å². The Labute approximate surface area is 151 Å². The Hall–Kier alpha value is -1.73. The summed E-state index contributed by atoms with van der Waals surface area (Å²) in [6, 6.07) is 12.2. The minimum atomic E-state index is -3.74. The maximum Gasteiger partial charge on any atom is 0.265 e. The SMILES string of the molecule is CCN(CC)c1ccc(NS(=O)(=O)c2cc(Br)ccc2OC)cc1. The van der Waals surface area contributed by atoms with E-state index in [9.17, 15) is 8.42 Å². The van der Waals surface area contributed by atoms with Gasteiger partial charge in [-0.15, -0.1) is 0 Å². The van der Waals surface area contributed by atoms with Crippen molar-refractivity contribution < 1.29 is 13.2 Å². The molecule has 0 fully saturated rings. The highest BCUT2D eigenvalue weighted by atomic mass is 79.9. The molecule has 7 heteroatoms. The number of ether oxygens (including phenoxy) is 1. The van der Waals surface area contributed by atoms with Gasteiger partial charge in [-0.25, -0.2) is 8.42 Å². The van der Waals surface area contributed by atoms with Crippen LogP contribution in [0.3, 0.4) is 0 Å². The van der Waals surface area contributed by atoms with Crippen molar-refractivity contribution >= 4 is 37.3 Å². The number of rotatable bonds is 7. The molecular formula is C17H21BrN2O3S. The summed E-state index contributed by atoms with van der Waals surface area (Å²) in [5.74, 6) is 0.297. The van der Waals surface area contributed by atoms with Gasteiger partial charge in [-0.3, -0.25) is 4.72 Å². The van der Waals surface area contributed by atoms with E-state index >= 15 is 0 Å². The number of halogens is 1. The largest absolute Gasteiger partial charge is 0.495 e. The first kappa shape index (κ1) is 18.6. The lowest BCUT2D eigenvalue weighted by molar-refractivity contribution is 0.403. The predicted molar refractivity (Wildman–Crippen MR) is 102 cm³/mol. The molecule has 0 aliphatic heterocycles. The molecule has 2 aromatic carbocycles. The quantitative estimate of drug-likeness (QED) is 0.743. The summed E-state index contributed by atoms with van der Waals surface area (Å²) in [7, 11) is -2.30. The van der Waals surface area contributed by atoms with Gasteiger partial charge < -0.3 is 9.64 Å². The number of benzene rings is 2. The summed E-state index contributed by atoms with van der Waals surface area (Å²) in [5, 5.41) is 0. The van der Waals surface area contributed by atoms with Gasteiger partial charge in [0.1, 0.15) is 10.6 Å². The minimum absolute atomic E-state index is 0.0900. The van der Waals surface area contributed by atoms with Gasteiger partial charge in [-0.2, -0.15) is 0 Å². The Morgan fingerprint density at radius 1 is 1.08 bits per heavy atom. The molecule has 0 saturated carbocycles. The van der Waals surface area contributed by atoms with E-state index in [0.717, 1.165) is 18.8 Å². The Morgan fingerprint density at radius 2 is 1.71 bits per heavy atom. The Balaban J connectivity index is 2.28. The van der Waals surface area contributed by atoms with Gasteiger partial charge in [-0.1, -0.05) is 15.9 Å². The third kappa shape index (κ3) is 4.21. The maximum absolute atomic E-state index is 12.6. The van der Waals surface area contributed by atoms with Crippen LogP contribution in [0.5, 0.6) is 5.75 Å². The molecule has 1 N–H and O–H groups in total. The fourth-order valence-electron chi connectivity index (χ4n) is 2.40. The summed E-state index contributed by atoms with van der Waals surface area (Å²) in [6.45, 7) is 5.97. The number of nitrogens with zero attached hydrogens (tertiary/aromatic N) is 1. The zero-order valence-corrected chi connectivity index (χ0v) is 16.3. The molecule has 0 heterocycles. The first-order chi connectivity index (χ1) is 11.4. The maximum atomic E-state index is 12.6. The lowest BCUT2D eigenvalue weighted by Crippen LogP contribution is -2.21. The zero-order chi connectivity index (χ0) is 17.7. The molecule has 0 unspecified atom stereocenters. The number of hydrogen-bond acceptors (Lipinski definition) is 4. The molecule has 2 aromatic rings. The van der Waals surface area contributed by atoms with Crippen molar-refractivity contribution in [3.05, 3.63) is 46.9 Å². The number of nitrogens with one attached hydrogen (secondary N) is 1. The molecule has 0 amide bonds. The first-order valence-electron chi connectivity index (χ1n) is 7.62. The van der Waals surface area contributed by atoms with E-state index in [1.165, 1.54) is 13.2 Å². The highest BCUT2D eigenvalue weighted by Gasteiger charge is 2.20. The molecule has 24 heavy (non-hydrogen) atoms. The van der Waals surface area contributed by atoms with Crippen LogP contribution in [0.2, 0.25) is 0 Å². The van der Waals surface area contributed by atoms with Crippen LogP contribution in [0.1, 0.15) is 13.8 Å². The molecule has 0 aromatic heterocycles. The normalized spacial score (nSPS) is 11.2. The molecule has 0 aliphatic carbocycles. The summed E-state index contributed by atoms with van der Waals surface area (Å²) in [5.41, 5.74) is 1.57. The van der Waals surface area contributed by atoms with Crippen LogP contribution in [0.25, 0.3) is 0 Å². The second-order valence-corrected chi connectivity index (χ2v) is 7.69. The third-order valence-corrected chi connectivity index (χ3v) is 5.56. The summed E-state index contributed by atoms with van der Waals surface area (Å²) in [6.07, 6.45) is 0. The van der Waals surface area contributed by atoms with Gasteiger partial charge in [0, 0.05) is 28.9 Å². The second-order valence-electron chi connectivity index (χ2n) is 5.12. The Kier molecular flexibility index (Phi) is 6.12. The zero-order valence-electron chi connectivity index (χ0n) is 13.9. The van der Waals surface area contributed by atoms with Crippen LogP contribution >= 0.6 is 15.9 Å². The molecule has 0 bridgehead atoms. The van der Waals surface area contributed by atoms with Crippen LogP contribution < -0.4 is 14.4 Å². The van der Waals surface area contributed by atoms with Gasteiger partial charge in [0.05, 0.1) is 7.11 Å². The first-order valence-corrected chi connectivity index (χ1v) is 9.90. The van der Waals surface area contributed by atoms with Crippen LogP contribution in [0, 0.1) is 0 Å². The fraction of sp³-hybridized carbons (Fsp3) is 0.294. The van der Waals surface area contributed by atoms with E-state index in [1.54, 1.807) is 24.3 Å². The highest BCUT2D eigenvalue weighted by molar-refractivity contribution is 9.10. The van der Waals surface area contributed by atoms with Crippen molar-refractivity contribution in [2.24, 2.45) is 0 Å². The average Bonchev–Trinajstić information content (AvgIpc) is 2.57. The van der Waals surface area contributed by atoms with Crippen LogP contribution in [0.15, 0.2) is 51.8 Å². The van der Waals surface area contributed by atoms with E-state index in [-0.39, 0.29) is 4.90 Å². The summed E-state index contributed by atoms with van der Waals surface area (Å²) in [4.78, 5) is 2.28. The monoisotopic (exact) mass is 412 g/mol. The van der Waals surface area contributed by atoms with Crippen LogP contribution in [0.4, 0.5) is 11.4 Å². The van der Waals surface area contributed by atoms with Gasteiger partial charge in [0.25, 0.3) is 10.0 Å². The molecule has 130 valence electrons. The van der Waals surface area contributed by atoms with E-state index < -0.39 is 10.0 Å². The number of hydrogen-bond donors (Lipinski definition) is 1. The molecule has 0 aliphatic rings. The van der Waals surface area contributed by atoms with E-state index in [4.69, 9.17) is 4.74 Å². The van der Waals surface area contributed by atoms with E-state index in [2.05, 4.69) is 39.4 Å². The van der Waals surface area contributed by atoms with Crippen molar-refractivity contribution in [1.29, 1.82) is 0 Å². The van der Waals surface area contributed by atoms with Crippen molar-refractivity contribution in [2.45, 2.75) is 18.7 Å². The number of anilines is 2. The molecular weight excluding hydrogens is 392 g/mol. The van der Waals surface area contributed by atoms with Crippen molar-refractivity contribution in [2.75, 3.05) is 29.8 Å². The molecule has 0 radical (unpaired) electrons. The summed E-state index contributed by atoms with van der Waals surface area (Å²) >= 11 is 3.29. The van der Waals surface area contributed by atoms with Gasteiger partial charge in [0.2, 0.25) is 0 Å². The van der Waals surface area contributed by atoms with Gasteiger partial charge >= 0.3 is 0 Å². The van der Waals surface area contributed by atoms with Crippen molar-refractivity contribution in [1.82, 2.24) is 0 Å². The molecule has 0 spiro atoms. The third-order valence-electron chi connectivity index (χ3n) is 3.66. The highest BCUT2D eigenvalue weighted by Crippen LogP contribution is 2.29. The van der Waals surface area contributed by atoms with Gasteiger partial charge in [-0.05, 0) is 56.3 Å². The topological polar surface area (TPSA) is 58.6 Å². The average molecular weight is 413 g/mol. The minimum Gasteiger partial charge on any atom is -0.495 e. The second kappa shape index (κ2) is 7.90. The Bertz CT molecular complexity index is 788. The summed E-state index contributed by atoms with van der Waals surface area (Å²) < 4.78 is 33.7. The standard InChI is InChI=1S/C17H21BrN2O3S/c1-4-20(5-2)15-9-7-14(8-10-15)19-24(21,22)17-12-13(18)6-11-16(17)23-3/h6-12,19H,4-5H2,1-3H3. The smallest absolute Gasteiger partial charge is 0.265 e. The molecule has 2 rings (SSSR count). The molecule has 0 saturated heterocycles. The van der Waals surface area contributed by atoms with Crippen molar-refractivity contribution in [3.63, 3.8) is 0 Å². The van der Waals surface area contributed by atoms with E-state index in [1.807, 2.05) is 12.1 Å². The lowest BCUT2D eigenvalue weighted by atomic mass is 10.2. The number of methoxy groups -OCH3 is 1. The lowest BCUT2D eigenvalue weighted by Gasteiger charge is -2.21. The van der Waals surface area contributed by atoms with Gasteiger partial charge in [0.15, 0.2) is 0 Å². The molecule has 0 atom stereocenters. The number of sulfonamides is 1. The van der Waals surface area contributed by atoms with Crippen molar-refractivity contribution in [3.8, 4) is 5.75 Å². The predicted octanol–water partition coefficient (Wildman–Crippen LogP) is 4.10. The van der Waals surface area contributed by atoms with Crippen LogP contribution in [-0.2, 0) is 10.0 Å². The van der Waals surface area contributed by atoms with Crippen LogP contribution in [-0.4, -0.2) is 28.6 Å².